The van der Waals surface area contributed by atoms with Crippen molar-refractivity contribution in [1.82, 2.24) is 4.90 Å². The number of aliphatic hydroxyl groups is 1. The smallest absolute Gasteiger partial charge is 0.207 e. The molecule has 2 bridgehead atoms. The number of piperidine rings is 1. The number of methoxy groups -OCH3 is 1. The van der Waals surface area contributed by atoms with Gasteiger partial charge >= 0.3 is 0 Å². The van der Waals surface area contributed by atoms with Crippen LogP contribution in [0.1, 0.15) is 46.0 Å². The lowest BCUT2D eigenvalue weighted by molar-refractivity contribution is -0.397. The van der Waals surface area contributed by atoms with Crippen LogP contribution < -0.4 is 0 Å². The van der Waals surface area contributed by atoms with Crippen LogP contribution in [0, 0.1) is 17.3 Å². The number of hydrogen-bond acceptors (Lipinski definition) is 6. The number of rotatable bonds is 1. The summed E-state index contributed by atoms with van der Waals surface area (Å²) in [6.07, 6.45) is 8.32. The van der Waals surface area contributed by atoms with E-state index in [1.807, 2.05) is 0 Å². The average Bonchev–Trinajstić information content (AvgIpc) is 3.03. The van der Waals surface area contributed by atoms with Crippen LogP contribution in [0.4, 0.5) is 0 Å². The van der Waals surface area contributed by atoms with Crippen LogP contribution in [0.5, 0.6) is 0 Å². The summed E-state index contributed by atoms with van der Waals surface area (Å²) in [5.41, 5.74) is -1.22. The molecule has 6 heteroatoms. The summed E-state index contributed by atoms with van der Waals surface area (Å²) in [4.78, 5) is 2.37. The number of likely N-dealkylation sites (N-methyl/N-ethyl adjacent to an activating group) is 1. The molecule has 2 spiro atoms. The number of ether oxygens (including phenoxy) is 4. The van der Waals surface area contributed by atoms with E-state index in [2.05, 4.69) is 37.9 Å². The first kappa shape index (κ1) is 18.7. The number of hydrogen-bond donors (Lipinski definition) is 1. The van der Waals surface area contributed by atoms with Crippen molar-refractivity contribution in [3.8, 4) is 0 Å². The second-order valence-corrected chi connectivity index (χ2v) is 10.3. The highest BCUT2D eigenvalue weighted by atomic mass is 16.7. The van der Waals surface area contributed by atoms with Crippen LogP contribution in [0.3, 0.4) is 0 Å². The lowest BCUT2D eigenvalue weighted by atomic mass is 9.43. The summed E-state index contributed by atoms with van der Waals surface area (Å²) in [5.74, 6) is 1.37. The molecule has 3 aliphatic heterocycles. The van der Waals surface area contributed by atoms with Crippen molar-refractivity contribution in [2.45, 2.75) is 81.7 Å². The molecule has 6 aliphatic rings. The molecule has 3 aliphatic carbocycles. The molecular weight excluding hydrogens is 370 g/mol. The zero-order valence-corrected chi connectivity index (χ0v) is 17.9. The Hall–Kier alpha value is -1.08. The van der Waals surface area contributed by atoms with E-state index in [9.17, 15) is 5.11 Å². The Morgan fingerprint density at radius 1 is 1.14 bits per heavy atom. The molecule has 6 nitrogen and oxygen atoms in total. The molecule has 5 fully saturated rings. The van der Waals surface area contributed by atoms with Crippen LogP contribution in [-0.2, 0) is 18.9 Å². The van der Waals surface area contributed by atoms with Crippen molar-refractivity contribution < 1.29 is 24.1 Å². The summed E-state index contributed by atoms with van der Waals surface area (Å²) in [5, 5.41) is 12.4. The third-order valence-electron chi connectivity index (χ3n) is 8.92. The Labute approximate surface area is 172 Å². The molecular formula is C23H33NO5. The van der Waals surface area contributed by atoms with Crippen molar-refractivity contribution in [3.05, 3.63) is 23.7 Å². The van der Waals surface area contributed by atoms with Gasteiger partial charge in [-0.05, 0) is 65.1 Å². The molecule has 2 saturated carbocycles. The molecule has 0 radical (unpaired) electrons. The summed E-state index contributed by atoms with van der Waals surface area (Å²) in [6.45, 7) is 5.21. The number of nitrogens with zero attached hydrogens (tertiary/aromatic N) is 1. The second-order valence-electron chi connectivity index (χ2n) is 10.3. The highest BCUT2D eigenvalue weighted by Crippen LogP contribution is 2.72. The van der Waals surface area contributed by atoms with Gasteiger partial charge in [0.1, 0.15) is 5.76 Å². The average molecular weight is 404 g/mol. The maximum Gasteiger partial charge on any atom is 0.207 e. The van der Waals surface area contributed by atoms with E-state index in [1.54, 1.807) is 7.11 Å². The highest BCUT2D eigenvalue weighted by molar-refractivity contribution is 5.39. The summed E-state index contributed by atoms with van der Waals surface area (Å²) >= 11 is 0. The molecule has 1 N–H and O–H groups in total. The summed E-state index contributed by atoms with van der Waals surface area (Å²) in [7, 11) is 3.86. The number of fused-ring (bicyclic) bond motifs is 1. The Kier molecular flexibility index (Phi) is 3.72. The lowest BCUT2D eigenvalue weighted by Gasteiger charge is -2.68. The molecule has 8 atom stereocenters. The fourth-order valence-corrected chi connectivity index (χ4v) is 7.99. The molecule has 4 unspecified atom stereocenters. The van der Waals surface area contributed by atoms with Gasteiger partial charge in [-0.1, -0.05) is 6.08 Å². The third kappa shape index (κ3) is 2.07. The minimum absolute atomic E-state index is 0.114. The zero-order chi connectivity index (χ0) is 20.2. The van der Waals surface area contributed by atoms with Crippen LogP contribution in [0.15, 0.2) is 23.7 Å². The standard InChI is InChI=1S/C23H33NO5/c1-13-11-14(2)29-23(28-13)8-7-22(25)17-12-15-5-6-16(26-4)19-18(15)21(22,20(23)27-19)9-10-24(17)3/h5-6,13-15,17-18,20,25H,7-12H2,1-4H3/t13-,14-,15?,17-,18?,20?,21+,22?/m1/s1. The molecule has 0 aromatic rings. The summed E-state index contributed by atoms with van der Waals surface area (Å²) < 4.78 is 25.7. The molecule has 29 heavy (non-hydrogen) atoms. The Morgan fingerprint density at radius 2 is 1.90 bits per heavy atom. The molecule has 3 saturated heterocycles. The Morgan fingerprint density at radius 3 is 2.62 bits per heavy atom. The van der Waals surface area contributed by atoms with Crippen molar-refractivity contribution in [2.24, 2.45) is 17.3 Å². The first-order chi connectivity index (χ1) is 13.8. The largest absolute Gasteiger partial charge is 0.493 e. The lowest BCUT2D eigenvalue weighted by Crippen LogP contribution is -2.79. The van der Waals surface area contributed by atoms with Gasteiger partial charge in [0.05, 0.1) is 30.3 Å². The first-order valence-electron chi connectivity index (χ1n) is 11.3. The van der Waals surface area contributed by atoms with Gasteiger partial charge in [-0.15, -0.1) is 0 Å². The van der Waals surface area contributed by atoms with Gasteiger partial charge in [0.25, 0.3) is 0 Å². The van der Waals surface area contributed by atoms with Crippen LogP contribution in [-0.4, -0.2) is 66.5 Å². The van der Waals surface area contributed by atoms with Gasteiger partial charge in [0.15, 0.2) is 11.9 Å². The van der Waals surface area contributed by atoms with Gasteiger partial charge in [0.2, 0.25) is 5.79 Å². The van der Waals surface area contributed by atoms with Crippen LogP contribution in [0.25, 0.3) is 0 Å². The minimum atomic E-state index is -0.806. The predicted octanol–water partition coefficient (Wildman–Crippen LogP) is 2.57. The molecule has 0 aromatic carbocycles. The highest BCUT2D eigenvalue weighted by Gasteiger charge is 2.80. The summed E-state index contributed by atoms with van der Waals surface area (Å²) in [6, 6.07) is 0.132. The molecule has 3 heterocycles. The number of allylic oxidation sites excluding steroid dienone is 3. The molecule has 160 valence electrons. The maximum atomic E-state index is 12.4. The monoisotopic (exact) mass is 403 g/mol. The van der Waals surface area contributed by atoms with E-state index < -0.39 is 16.8 Å². The van der Waals surface area contributed by atoms with Crippen LogP contribution in [0.2, 0.25) is 0 Å². The van der Waals surface area contributed by atoms with Gasteiger partial charge in [-0.25, -0.2) is 0 Å². The van der Waals surface area contributed by atoms with Crippen molar-refractivity contribution in [2.75, 3.05) is 20.7 Å². The van der Waals surface area contributed by atoms with Gasteiger partial charge in [-0.3, -0.25) is 0 Å². The molecule has 6 rings (SSSR count). The van der Waals surface area contributed by atoms with E-state index in [0.29, 0.717) is 18.8 Å². The fraction of sp³-hybridized carbons (Fsp3) is 0.826. The maximum absolute atomic E-state index is 12.4. The third-order valence-corrected chi connectivity index (χ3v) is 8.92. The van der Waals surface area contributed by atoms with Gasteiger partial charge < -0.3 is 29.0 Å². The van der Waals surface area contributed by atoms with Gasteiger partial charge in [-0.2, -0.15) is 0 Å². The van der Waals surface area contributed by atoms with Crippen LogP contribution >= 0.6 is 0 Å². The van der Waals surface area contributed by atoms with E-state index in [4.69, 9.17) is 18.9 Å². The van der Waals surface area contributed by atoms with Crippen molar-refractivity contribution >= 4 is 0 Å². The number of likely N-dealkylation sites (tertiary alicyclic amines) is 1. The zero-order valence-electron chi connectivity index (χ0n) is 17.9. The quantitative estimate of drug-likeness (QED) is 0.726. The normalized spacial score (nSPS) is 55.6. The first-order valence-corrected chi connectivity index (χ1v) is 11.3. The SMILES string of the molecule is COC1=C2OC3C4(CCC5(O)[C@H]6CC(C=C1)C2[C@@]35CCN6C)O[C@H](C)C[C@@H](C)O4. The van der Waals surface area contributed by atoms with E-state index in [-0.39, 0.29) is 30.3 Å². The van der Waals surface area contributed by atoms with E-state index in [0.717, 1.165) is 37.3 Å². The van der Waals surface area contributed by atoms with Crippen molar-refractivity contribution in [1.29, 1.82) is 0 Å². The van der Waals surface area contributed by atoms with E-state index >= 15 is 0 Å². The fourth-order valence-electron chi connectivity index (χ4n) is 7.99. The predicted molar refractivity (Wildman–Crippen MR) is 106 cm³/mol. The Balaban J connectivity index is 1.56. The van der Waals surface area contributed by atoms with Gasteiger partial charge in [0, 0.05) is 18.4 Å². The Bertz CT molecular complexity index is 784. The molecule has 0 amide bonds. The molecule has 0 aromatic heterocycles. The second kappa shape index (κ2) is 5.78. The minimum Gasteiger partial charge on any atom is -0.493 e. The van der Waals surface area contributed by atoms with Crippen molar-refractivity contribution in [3.63, 3.8) is 0 Å². The van der Waals surface area contributed by atoms with E-state index in [1.165, 1.54) is 0 Å². The topological polar surface area (TPSA) is 60.4 Å².